The fraction of sp³-hybridized carbons (Fsp3) is 0.286. The number of para-hydroxylation sites is 2. The van der Waals surface area contributed by atoms with E-state index in [1.54, 1.807) is 24.3 Å². The molecule has 2 amide bonds. The molecule has 1 N–H and O–H groups in total. The number of nitrogens with zero attached hydrogens (tertiary/aromatic N) is 1. The van der Waals surface area contributed by atoms with Crippen molar-refractivity contribution < 1.29 is 37.0 Å². The monoisotopic (exact) mass is 436 g/mol. The van der Waals surface area contributed by atoms with E-state index in [1.807, 2.05) is 0 Å². The molecule has 0 fully saturated rings. The van der Waals surface area contributed by atoms with Gasteiger partial charge in [0.15, 0.2) is 6.10 Å². The average molecular weight is 436 g/mol. The number of ether oxygens (including phenoxy) is 2. The quantitative estimate of drug-likeness (QED) is 0.703. The Bertz CT molecular complexity index is 976. The first kappa shape index (κ1) is 22.3. The highest BCUT2D eigenvalue weighted by Crippen LogP contribution is 2.29. The van der Waals surface area contributed by atoms with Crippen LogP contribution in [0.15, 0.2) is 48.5 Å². The van der Waals surface area contributed by atoms with E-state index in [4.69, 9.17) is 4.74 Å². The summed E-state index contributed by atoms with van der Waals surface area (Å²) in [5, 5.41) is 2.67. The second-order valence-electron chi connectivity index (χ2n) is 6.84. The van der Waals surface area contributed by atoms with Crippen molar-refractivity contribution in [3.8, 4) is 0 Å². The van der Waals surface area contributed by atoms with Gasteiger partial charge in [-0.25, -0.2) is 4.79 Å². The zero-order valence-electron chi connectivity index (χ0n) is 16.4. The van der Waals surface area contributed by atoms with Gasteiger partial charge < -0.3 is 14.8 Å². The molecule has 10 heteroatoms. The molecule has 0 aliphatic carbocycles. The summed E-state index contributed by atoms with van der Waals surface area (Å²) in [4.78, 5) is 38.3. The van der Waals surface area contributed by atoms with Crippen molar-refractivity contribution in [3.05, 3.63) is 59.7 Å². The first-order valence-electron chi connectivity index (χ1n) is 9.29. The van der Waals surface area contributed by atoms with Crippen LogP contribution in [0.4, 0.5) is 24.5 Å². The third kappa shape index (κ3) is 5.82. The number of amides is 2. The van der Waals surface area contributed by atoms with E-state index in [1.165, 1.54) is 36.1 Å². The maximum Gasteiger partial charge on any atom is 0.411 e. The van der Waals surface area contributed by atoms with E-state index in [0.717, 1.165) is 0 Å². The molecule has 0 unspecified atom stereocenters. The van der Waals surface area contributed by atoms with Gasteiger partial charge in [-0.2, -0.15) is 13.2 Å². The summed E-state index contributed by atoms with van der Waals surface area (Å²) in [5.74, 6) is -1.71. The van der Waals surface area contributed by atoms with Crippen LogP contribution in [0.25, 0.3) is 0 Å². The van der Waals surface area contributed by atoms with E-state index in [-0.39, 0.29) is 24.6 Å². The summed E-state index contributed by atoms with van der Waals surface area (Å²) < 4.78 is 46.1. The summed E-state index contributed by atoms with van der Waals surface area (Å²) in [7, 11) is 0. The highest BCUT2D eigenvalue weighted by Gasteiger charge is 2.31. The fourth-order valence-corrected chi connectivity index (χ4v) is 2.95. The second-order valence-corrected chi connectivity index (χ2v) is 6.84. The maximum absolute atomic E-state index is 12.8. The topological polar surface area (TPSA) is 84.9 Å². The first-order chi connectivity index (χ1) is 14.6. The van der Waals surface area contributed by atoms with Gasteiger partial charge in [-0.3, -0.25) is 14.5 Å². The smallest absolute Gasteiger partial charge is 0.411 e. The normalized spacial score (nSPS) is 14.5. The number of hydrogen-bond acceptors (Lipinski definition) is 5. The van der Waals surface area contributed by atoms with Crippen molar-refractivity contribution in [2.45, 2.75) is 25.8 Å². The van der Waals surface area contributed by atoms with Crippen LogP contribution >= 0.6 is 0 Å². The minimum Gasteiger partial charge on any atom is -0.449 e. The molecule has 7 nitrogen and oxygen atoms in total. The van der Waals surface area contributed by atoms with Gasteiger partial charge in [-0.15, -0.1) is 0 Å². The molecule has 3 rings (SSSR count). The van der Waals surface area contributed by atoms with Crippen LogP contribution in [0.5, 0.6) is 0 Å². The highest BCUT2D eigenvalue weighted by molar-refractivity contribution is 6.11. The number of nitrogens with one attached hydrogen (secondary N) is 1. The molecule has 0 spiro atoms. The number of rotatable bonds is 6. The Balaban J connectivity index is 1.60. The molecular formula is C21H19F3N2O5. The van der Waals surface area contributed by atoms with Crippen LogP contribution in [-0.4, -0.2) is 43.2 Å². The molecule has 1 aliphatic rings. The van der Waals surface area contributed by atoms with Crippen LogP contribution in [0.3, 0.4) is 0 Å². The molecule has 0 saturated heterocycles. The second kappa shape index (κ2) is 9.17. The van der Waals surface area contributed by atoms with E-state index >= 15 is 0 Å². The molecule has 164 valence electrons. The minimum atomic E-state index is -4.41. The number of hydrogen-bond donors (Lipinski definition) is 1. The number of carbonyl (C=O) groups is 3. The lowest BCUT2D eigenvalue weighted by atomic mass is 10.1. The Morgan fingerprint density at radius 3 is 2.48 bits per heavy atom. The van der Waals surface area contributed by atoms with Gasteiger partial charge in [0, 0.05) is 0 Å². The van der Waals surface area contributed by atoms with Crippen molar-refractivity contribution in [1.29, 1.82) is 0 Å². The molecule has 0 bridgehead atoms. The zero-order valence-corrected chi connectivity index (χ0v) is 16.4. The summed E-state index contributed by atoms with van der Waals surface area (Å²) in [6.45, 7) is -0.437. The molecular weight excluding hydrogens is 417 g/mol. The Kier molecular flexibility index (Phi) is 6.59. The minimum absolute atomic E-state index is 0.121. The van der Waals surface area contributed by atoms with Crippen LogP contribution in [0.2, 0.25) is 0 Å². The van der Waals surface area contributed by atoms with E-state index in [2.05, 4.69) is 10.1 Å². The van der Waals surface area contributed by atoms with Crippen molar-refractivity contribution >= 4 is 29.2 Å². The van der Waals surface area contributed by atoms with Crippen molar-refractivity contribution in [1.82, 2.24) is 0 Å². The first-order valence-corrected chi connectivity index (χ1v) is 9.29. The number of benzene rings is 2. The number of carbonyl (C=O) groups excluding carboxylic acids is 3. The van der Waals surface area contributed by atoms with Crippen molar-refractivity contribution in [2.24, 2.45) is 0 Å². The molecule has 1 aliphatic heterocycles. The van der Waals surface area contributed by atoms with Crippen LogP contribution in [-0.2, 0) is 25.7 Å². The Morgan fingerprint density at radius 2 is 1.81 bits per heavy atom. The third-order valence-electron chi connectivity index (χ3n) is 4.39. The van der Waals surface area contributed by atoms with Gasteiger partial charge in [0.2, 0.25) is 5.91 Å². The number of fused-ring (bicyclic) bond motifs is 1. The Hall–Kier alpha value is -3.40. The lowest BCUT2D eigenvalue weighted by Gasteiger charge is -2.30. The molecule has 0 aromatic heterocycles. The molecule has 0 saturated carbocycles. The number of alkyl halides is 3. The average Bonchev–Trinajstić information content (AvgIpc) is 2.72. The van der Waals surface area contributed by atoms with E-state index in [0.29, 0.717) is 16.9 Å². The summed E-state index contributed by atoms with van der Waals surface area (Å²) in [6.07, 6.45) is -5.58. The predicted octanol–water partition coefficient (Wildman–Crippen LogP) is 3.30. The van der Waals surface area contributed by atoms with Gasteiger partial charge in [-0.1, -0.05) is 24.3 Å². The molecule has 2 aromatic rings. The lowest BCUT2D eigenvalue weighted by Crippen LogP contribution is -2.47. The highest BCUT2D eigenvalue weighted by atomic mass is 19.4. The van der Waals surface area contributed by atoms with Crippen molar-refractivity contribution in [2.75, 3.05) is 23.4 Å². The fourth-order valence-electron chi connectivity index (χ4n) is 2.95. The van der Waals surface area contributed by atoms with Crippen LogP contribution < -0.4 is 10.2 Å². The standard InChI is InChI=1S/C21H19F3N2O5/c1-13(19(28)26-10-18(27)25-16-4-2-3-5-17(16)26)31-20(29)15-8-6-14(7-9-15)11-30-12-21(22,23)24/h2-9,13H,10-12H2,1H3,(H,25,27)/t13-/m1/s1. The van der Waals surface area contributed by atoms with Crippen LogP contribution in [0, 0.1) is 0 Å². The lowest BCUT2D eigenvalue weighted by molar-refractivity contribution is -0.176. The summed E-state index contributed by atoms with van der Waals surface area (Å²) >= 11 is 0. The summed E-state index contributed by atoms with van der Waals surface area (Å²) in [5.41, 5.74) is 1.55. The molecule has 1 atom stereocenters. The SMILES string of the molecule is C[C@@H](OC(=O)c1ccc(COCC(F)(F)F)cc1)C(=O)N1CC(=O)Nc2ccccc21. The third-order valence-corrected chi connectivity index (χ3v) is 4.39. The molecule has 1 heterocycles. The largest absolute Gasteiger partial charge is 0.449 e. The van der Waals surface area contributed by atoms with Gasteiger partial charge >= 0.3 is 12.1 Å². The van der Waals surface area contributed by atoms with Crippen LogP contribution in [0.1, 0.15) is 22.8 Å². The van der Waals surface area contributed by atoms with Crippen molar-refractivity contribution in [3.63, 3.8) is 0 Å². The molecule has 2 aromatic carbocycles. The Morgan fingerprint density at radius 1 is 1.13 bits per heavy atom. The van der Waals surface area contributed by atoms with Gasteiger partial charge in [-0.05, 0) is 36.8 Å². The molecule has 31 heavy (non-hydrogen) atoms. The maximum atomic E-state index is 12.8. The van der Waals surface area contributed by atoms with E-state index < -0.39 is 30.8 Å². The van der Waals surface area contributed by atoms with Gasteiger partial charge in [0.25, 0.3) is 5.91 Å². The van der Waals surface area contributed by atoms with Gasteiger partial charge in [0.05, 0.1) is 23.5 Å². The number of halogens is 3. The zero-order chi connectivity index (χ0) is 22.6. The Labute approximate surface area is 175 Å². The molecule has 0 radical (unpaired) electrons. The van der Waals surface area contributed by atoms with Gasteiger partial charge in [0.1, 0.15) is 13.2 Å². The predicted molar refractivity (Wildman–Crippen MR) is 104 cm³/mol. The number of anilines is 2. The number of esters is 1. The van der Waals surface area contributed by atoms with E-state index in [9.17, 15) is 27.6 Å². The summed E-state index contributed by atoms with van der Waals surface area (Å²) in [6, 6.07) is 12.4.